The maximum atomic E-state index is 5.81. The van der Waals surface area contributed by atoms with Crippen molar-refractivity contribution in [2.75, 3.05) is 0 Å². The standard InChI is InChI=1S/C14H17N.C2H6/c15-14-8-4-7-13(9-10-14)11-12-5-2-1-3-6-12;1-2/h1-3,5-6,9-10H,4,7-8,11,15H2;1-2H3. The molecule has 2 N–H and O–H groups in total. The molecule has 2 rings (SSSR count). The zero-order chi connectivity index (χ0) is 12.5. The minimum Gasteiger partial charge on any atom is -0.402 e. The average molecular weight is 229 g/mol. The second-order valence-corrected chi connectivity index (χ2v) is 4.08. The Labute approximate surface area is 105 Å². The molecule has 1 heteroatoms. The van der Waals surface area contributed by atoms with Gasteiger partial charge in [0, 0.05) is 5.70 Å². The van der Waals surface area contributed by atoms with Crippen LogP contribution in [0.25, 0.3) is 0 Å². The largest absolute Gasteiger partial charge is 0.402 e. The predicted octanol–water partition coefficient (Wildman–Crippen LogP) is 4.21. The molecule has 1 aromatic carbocycles. The number of nitrogens with two attached hydrogens (primary N) is 1. The van der Waals surface area contributed by atoms with E-state index in [9.17, 15) is 0 Å². The average Bonchev–Trinajstić information content (AvgIpc) is 2.58. The molecule has 1 aliphatic rings. The molecule has 92 valence electrons. The van der Waals surface area contributed by atoms with Crippen LogP contribution in [0.5, 0.6) is 0 Å². The van der Waals surface area contributed by atoms with Crippen LogP contribution in [-0.4, -0.2) is 0 Å². The normalized spacial score (nSPS) is 14.9. The third kappa shape index (κ3) is 4.90. The van der Waals surface area contributed by atoms with Gasteiger partial charge in [0.1, 0.15) is 0 Å². The highest BCUT2D eigenvalue weighted by Gasteiger charge is 2.03. The molecule has 0 atom stereocenters. The highest BCUT2D eigenvalue weighted by Crippen LogP contribution is 2.18. The van der Waals surface area contributed by atoms with Crippen molar-refractivity contribution in [1.82, 2.24) is 0 Å². The fraction of sp³-hybridized carbons (Fsp3) is 0.375. The Kier molecular flexibility index (Phi) is 6.16. The Balaban J connectivity index is 0.000000686. The van der Waals surface area contributed by atoms with Gasteiger partial charge in [-0.3, -0.25) is 0 Å². The van der Waals surface area contributed by atoms with Gasteiger partial charge >= 0.3 is 0 Å². The van der Waals surface area contributed by atoms with E-state index >= 15 is 0 Å². The van der Waals surface area contributed by atoms with Gasteiger partial charge in [-0.1, -0.05) is 55.8 Å². The first kappa shape index (κ1) is 13.6. The summed E-state index contributed by atoms with van der Waals surface area (Å²) in [5.41, 5.74) is 9.69. The number of rotatable bonds is 2. The SMILES string of the molecule is CC.NC1=CC=C(Cc2ccccc2)CCC1. The highest BCUT2D eigenvalue weighted by molar-refractivity contribution is 5.26. The third-order valence-corrected chi connectivity index (χ3v) is 2.77. The Morgan fingerprint density at radius 3 is 2.41 bits per heavy atom. The molecule has 0 amide bonds. The first-order valence-corrected chi connectivity index (χ1v) is 6.52. The summed E-state index contributed by atoms with van der Waals surface area (Å²) in [4.78, 5) is 0. The number of hydrogen-bond acceptors (Lipinski definition) is 1. The number of benzene rings is 1. The zero-order valence-corrected chi connectivity index (χ0v) is 10.9. The van der Waals surface area contributed by atoms with Gasteiger partial charge in [0.2, 0.25) is 0 Å². The van der Waals surface area contributed by atoms with Crippen LogP contribution in [0, 0.1) is 0 Å². The minimum absolute atomic E-state index is 1.01. The lowest BCUT2D eigenvalue weighted by Crippen LogP contribution is -1.94. The van der Waals surface area contributed by atoms with E-state index < -0.39 is 0 Å². The summed E-state index contributed by atoms with van der Waals surface area (Å²) in [7, 11) is 0. The Morgan fingerprint density at radius 2 is 1.71 bits per heavy atom. The fourth-order valence-corrected chi connectivity index (χ4v) is 1.92. The Hall–Kier alpha value is -1.50. The molecule has 0 saturated heterocycles. The smallest absolute Gasteiger partial charge is 0.00805 e. The van der Waals surface area contributed by atoms with Crippen LogP contribution in [0.1, 0.15) is 38.7 Å². The molecule has 0 bridgehead atoms. The molecule has 0 heterocycles. The summed E-state index contributed by atoms with van der Waals surface area (Å²) in [5, 5.41) is 0. The predicted molar refractivity (Wildman–Crippen MR) is 75.7 cm³/mol. The third-order valence-electron chi connectivity index (χ3n) is 2.77. The molecule has 0 unspecified atom stereocenters. The van der Waals surface area contributed by atoms with Gasteiger partial charge in [-0.25, -0.2) is 0 Å². The van der Waals surface area contributed by atoms with Crippen LogP contribution in [0.4, 0.5) is 0 Å². The van der Waals surface area contributed by atoms with Crippen molar-refractivity contribution >= 4 is 0 Å². The number of hydrogen-bond donors (Lipinski definition) is 1. The molecule has 1 nitrogen and oxygen atoms in total. The zero-order valence-electron chi connectivity index (χ0n) is 10.9. The van der Waals surface area contributed by atoms with E-state index in [1.54, 1.807) is 0 Å². The van der Waals surface area contributed by atoms with E-state index in [0.717, 1.165) is 18.5 Å². The summed E-state index contributed by atoms with van der Waals surface area (Å²) < 4.78 is 0. The summed E-state index contributed by atoms with van der Waals surface area (Å²) in [6, 6.07) is 10.6. The van der Waals surface area contributed by atoms with E-state index in [0.29, 0.717) is 0 Å². The van der Waals surface area contributed by atoms with Crippen LogP contribution in [-0.2, 0) is 6.42 Å². The molecule has 0 saturated carbocycles. The van der Waals surface area contributed by atoms with Gasteiger partial charge in [-0.2, -0.15) is 0 Å². The molecule has 1 aliphatic carbocycles. The lowest BCUT2D eigenvalue weighted by molar-refractivity contribution is 0.792. The molecule has 0 aromatic heterocycles. The maximum Gasteiger partial charge on any atom is 0.00805 e. The first-order chi connectivity index (χ1) is 8.34. The van der Waals surface area contributed by atoms with E-state index in [4.69, 9.17) is 5.73 Å². The Bertz CT molecular complexity index is 374. The van der Waals surface area contributed by atoms with E-state index in [-0.39, 0.29) is 0 Å². The maximum absolute atomic E-state index is 5.81. The Morgan fingerprint density at radius 1 is 1.00 bits per heavy atom. The molecule has 0 fully saturated rings. The van der Waals surface area contributed by atoms with E-state index in [1.165, 1.54) is 24.0 Å². The molecule has 17 heavy (non-hydrogen) atoms. The van der Waals surface area contributed by atoms with Gasteiger partial charge in [-0.05, 0) is 37.3 Å². The van der Waals surface area contributed by atoms with Crippen LogP contribution < -0.4 is 5.73 Å². The summed E-state index contributed by atoms with van der Waals surface area (Å²) in [6.45, 7) is 4.00. The fourth-order valence-electron chi connectivity index (χ4n) is 1.92. The van der Waals surface area contributed by atoms with Gasteiger partial charge < -0.3 is 5.73 Å². The van der Waals surface area contributed by atoms with Crippen molar-refractivity contribution in [3.63, 3.8) is 0 Å². The number of allylic oxidation sites excluding steroid dienone is 4. The quantitative estimate of drug-likeness (QED) is 0.807. The van der Waals surface area contributed by atoms with Crippen molar-refractivity contribution in [3.05, 3.63) is 59.3 Å². The molecule has 0 spiro atoms. The monoisotopic (exact) mass is 229 g/mol. The van der Waals surface area contributed by atoms with E-state index in [2.05, 4.69) is 42.5 Å². The van der Waals surface area contributed by atoms with Crippen LogP contribution in [0.15, 0.2) is 53.8 Å². The summed E-state index contributed by atoms with van der Waals surface area (Å²) >= 11 is 0. The van der Waals surface area contributed by atoms with Crippen LogP contribution in [0.3, 0.4) is 0 Å². The molecular formula is C16H23N. The van der Waals surface area contributed by atoms with Gasteiger partial charge in [-0.15, -0.1) is 0 Å². The van der Waals surface area contributed by atoms with Gasteiger partial charge in [0.15, 0.2) is 0 Å². The summed E-state index contributed by atoms with van der Waals surface area (Å²) in [5.74, 6) is 0. The first-order valence-electron chi connectivity index (χ1n) is 6.52. The van der Waals surface area contributed by atoms with Crippen molar-refractivity contribution < 1.29 is 0 Å². The second kappa shape index (κ2) is 7.72. The summed E-state index contributed by atoms with van der Waals surface area (Å²) in [6.07, 6.45) is 8.70. The van der Waals surface area contributed by atoms with Crippen molar-refractivity contribution in [2.24, 2.45) is 5.73 Å². The van der Waals surface area contributed by atoms with Crippen LogP contribution in [0.2, 0.25) is 0 Å². The van der Waals surface area contributed by atoms with Crippen LogP contribution >= 0.6 is 0 Å². The van der Waals surface area contributed by atoms with Crippen molar-refractivity contribution in [2.45, 2.75) is 39.5 Å². The second-order valence-electron chi connectivity index (χ2n) is 4.08. The van der Waals surface area contributed by atoms with Gasteiger partial charge in [0.25, 0.3) is 0 Å². The van der Waals surface area contributed by atoms with Crippen molar-refractivity contribution in [1.29, 1.82) is 0 Å². The lowest BCUT2D eigenvalue weighted by atomic mass is 10.0. The lowest BCUT2D eigenvalue weighted by Gasteiger charge is -2.04. The van der Waals surface area contributed by atoms with E-state index in [1.807, 2.05) is 13.8 Å². The molecule has 0 aliphatic heterocycles. The molecule has 0 radical (unpaired) electrons. The molecular weight excluding hydrogens is 206 g/mol. The molecule has 1 aromatic rings. The topological polar surface area (TPSA) is 26.0 Å². The minimum atomic E-state index is 1.01. The highest BCUT2D eigenvalue weighted by atomic mass is 14.6. The van der Waals surface area contributed by atoms with Crippen molar-refractivity contribution in [3.8, 4) is 0 Å². The van der Waals surface area contributed by atoms with Gasteiger partial charge in [0.05, 0.1) is 0 Å².